The van der Waals surface area contributed by atoms with Gasteiger partial charge in [0.1, 0.15) is 0 Å². The minimum absolute atomic E-state index is 0.0861. The molecule has 3 N–H and O–H groups in total. The maximum Gasteiger partial charge on any atom is 0.251 e. The SMILES string of the molecule is CCN(Cc1ccc(C(=O)NCc2cccc(CN)c2)cc1)c1nc(-c2ccc3ccccc3c2)cs1. The van der Waals surface area contributed by atoms with E-state index in [0.717, 1.165) is 46.2 Å². The van der Waals surface area contributed by atoms with Crippen LogP contribution in [0.2, 0.25) is 0 Å². The molecule has 0 aliphatic carbocycles. The molecule has 0 aliphatic heterocycles. The fourth-order valence-corrected chi connectivity index (χ4v) is 5.24. The monoisotopic (exact) mass is 506 g/mol. The molecular weight excluding hydrogens is 476 g/mol. The van der Waals surface area contributed by atoms with Gasteiger partial charge in [0.15, 0.2) is 5.13 Å². The molecule has 5 aromatic rings. The van der Waals surface area contributed by atoms with Gasteiger partial charge in [0, 0.05) is 42.7 Å². The zero-order valence-electron chi connectivity index (χ0n) is 20.9. The number of carbonyl (C=O) groups excluding carboxylic acids is 1. The van der Waals surface area contributed by atoms with Gasteiger partial charge < -0.3 is 16.0 Å². The fraction of sp³-hybridized carbons (Fsp3) is 0.161. The summed E-state index contributed by atoms with van der Waals surface area (Å²) >= 11 is 1.66. The Balaban J connectivity index is 1.23. The van der Waals surface area contributed by atoms with Crippen LogP contribution in [0.25, 0.3) is 22.0 Å². The van der Waals surface area contributed by atoms with Crippen molar-refractivity contribution in [3.8, 4) is 11.3 Å². The fourth-order valence-electron chi connectivity index (χ4n) is 4.34. The molecule has 0 aliphatic rings. The Bertz CT molecular complexity index is 1510. The van der Waals surface area contributed by atoms with Crippen molar-refractivity contribution < 1.29 is 4.79 Å². The molecule has 4 aromatic carbocycles. The van der Waals surface area contributed by atoms with Gasteiger partial charge in [-0.15, -0.1) is 11.3 Å². The van der Waals surface area contributed by atoms with E-state index in [9.17, 15) is 4.79 Å². The van der Waals surface area contributed by atoms with Crippen molar-refractivity contribution in [1.29, 1.82) is 0 Å². The molecule has 0 radical (unpaired) electrons. The van der Waals surface area contributed by atoms with Gasteiger partial charge in [0.2, 0.25) is 0 Å². The van der Waals surface area contributed by atoms with Crippen LogP contribution in [-0.4, -0.2) is 17.4 Å². The lowest BCUT2D eigenvalue weighted by molar-refractivity contribution is 0.0951. The topological polar surface area (TPSA) is 71.2 Å². The average Bonchev–Trinajstić information content (AvgIpc) is 3.45. The summed E-state index contributed by atoms with van der Waals surface area (Å²) in [6, 6.07) is 30.6. The number of hydrogen-bond acceptors (Lipinski definition) is 5. The first kappa shape index (κ1) is 24.7. The normalized spacial score (nSPS) is 11.0. The summed E-state index contributed by atoms with van der Waals surface area (Å²) in [4.78, 5) is 19.8. The molecule has 0 saturated carbocycles. The molecule has 0 unspecified atom stereocenters. The molecule has 37 heavy (non-hydrogen) atoms. The highest BCUT2D eigenvalue weighted by molar-refractivity contribution is 7.14. The van der Waals surface area contributed by atoms with E-state index in [0.29, 0.717) is 18.7 Å². The number of fused-ring (bicyclic) bond motifs is 1. The molecule has 0 saturated heterocycles. The number of anilines is 1. The standard InChI is InChI=1S/C31H30N4OS/c1-2-35(31-34-29(21-37-31)28-15-14-25-8-3-4-9-27(25)17-28)20-22-10-12-26(13-11-22)30(36)33-19-24-7-5-6-23(16-24)18-32/h3-17,21H,2,18-20,32H2,1H3,(H,33,36). The van der Waals surface area contributed by atoms with E-state index in [1.54, 1.807) is 11.3 Å². The smallest absolute Gasteiger partial charge is 0.251 e. The zero-order chi connectivity index (χ0) is 25.6. The highest BCUT2D eigenvalue weighted by Crippen LogP contribution is 2.30. The number of thiazole rings is 1. The van der Waals surface area contributed by atoms with Gasteiger partial charge >= 0.3 is 0 Å². The van der Waals surface area contributed by atoms with Gasteiger partial charge in [0.05, 0.1) is 5.69 Å². The van der Waals surface area contributed by atoms with Crippen LogP contribution in [0.15, 0.2) is 96.4 Å². The van der Waals surface area contributed by atoms with Gasteiger partial charge in [-0.3, -0.25) is 4.79 Å². The van der Waals surface area contributed by atoms with Crippen LogP contribution >= 0.6 is 11.3 Å². The molecule has 5 rings (SSSR count). The lowest BCUT2D eigenvalue weighted by atomic mass is 10.1. The third-order valence-electron chi connectivity index (χ3n) is 6.46. The van der Waals surface area contributed by atoms with E-state index in [4.69, 9.17) is 10.7 Å². The number of rotatable bonds is 9. The van der Waals surface area contributed by atoms with Crippen LogP contribution in [0.4, 0.5) is 5.13 Å². The lowest BCUT2D eigenvalue weighted by Gasteiger charge is -2.20. The van der Waals surface area contributed by atoms with Crippen molar-refractivity contribution in [3.63, 3.8) is 0 Å². The Morgan fingerprint density at radius 1 is 0.892 bits per heavy atom. The van der Waals surface area contributed by atoms with Crippen molar-refractivity contribution in [2.75, 3.05) is 11.4 Å². The van der Waals surface area contributed by atoms with E-state index >= 15 is 0 Å². The third kappa shape index (κ3) is 5.88. The first-order valence-electron chi connectivity index (χ1n) is 12.5. The quantitative estimate of drug-likeness (QED) is 0.243. The summed E-state index contributed by atoms with van der Waals surface area (Å²) in [5.74, 6) is -0.0861. The molecule has 186 valence electrons. The van der Waals surface area contributed by atoms with Crippen molar-refractivity contribution in [3.05, 3.63) is 119 Å². The Labute approximate surface area is 221 Å². The second kappa shape index (κ2) is 11.4. The first-order chi connectivity index (χ1) is 18.1. The summed E-state index contributed by atoms with van der Waals surface area (Å²) < 4.78 is 0. The third-order valence-corrected chi connectivity index (χ3v) is 7.36. The van der Waals surface area contributed by atoms with Crippen LogP contribution in [0.1, 0.15) is 34.0 Å². The lowest BCUT2D eigenvalue weighted by Crippen LogP contribution is -2.23. The van der Waals surface area contributed by atoms with Gasteiger partial charge in [0.25, 0.3) is 5.91 Å². The molecule has 5 nitrogen and oxygen atoms in total. The molecule has 1 amide bonds. The highest BCUT2D eigenvalue weighted by atomic mass is 32.1. The predicted molar refractivity (Wildman–Crippen MR) is 154 cm³/mol. The van der Waals surface area contributed by atoms with E-state index in [-0.39, 0.29) is 5.91 Å². The molecule has 0 fully saturated rings. The van der Waals surface area contributed by atoms with Crippen molar-refractivity contribution in [2.45, 2.75) is 26.6 Å². The van der Waals surface area contributed by atoms with Crippen LogP contribution in [0.3, 0.4) is 0 Å². The van der Waals surface area contributed by atoms with Crippen LogP contribution in [0, 0.1) is 0 Å². The summed E-state index contributed by atoms with van der Waals surface area (Å²) in [7, 11) is 0. The largest absolute Gasteiger partial charge is 0.348 e. The number of nitrogens with one attached hydrogen (secondary N) is 1. The zero-order valence-corrected chi connectivity index (χ0v) is 21.7. The minimum Gasteiger partial charge on any atom is -0.348 e. The summed E-state index contributed by atoms with van der Waals surface area (Å²) in [5.41, 5.74) is 11.7. The van der Waals surface area contributed by atoms with Gasteiger partial charge in [-0.2, -0.15) is 0 Å². The maximum absolute atomic E-state index is 12.6. The van der Waals surface area contributed by atoms with Gasteiger partial charge in [-0.25, -0.2) is 4.98 Å². The summed E-state index contributed by atoms with van der Waals surface area (Å²) in [6.07, 6.45) is 0. The molecule has 6 heteroatoms. The Kier molecular flexibility index (Phi) is 7.59. The minimum atomic E-state index is -0.0861. The molecule has 1 heterocycles. The average molecular weight is 507 g/mol. The van der Waals surface area contributed by atoms with Gasteiger partial charge in [-0.05, 0) is 52.6 Å². The van der Waals surface area contributed by atoms with E-state index in [1.807, 2.05) is 48.5 Å². The molecule has 0 bridgehead atoms. The number of carbonyl (C=O) groups is 1. The molecule has 0 atom stereocenters. The Morgan fingerprint density at radius 2 is 1.68 bits per heavy atom. The molecular formula is C31H30N4OS. The van der Waals surface area contributed by atoms with Crippen LogP contribution in [-0.2, 0) is 19.6 Å². The van der Waals surface area contributed by atoms with Crippen LogP contribution in [0.5, 0.6) is 0 Å². The summed E-state index contributed by atoms with van der Waals surface area (Å²) in [6.45, 7) is 4.67. The number of amides is 1. The van der Waals surface area contributed by atoms with Gasteiger partial charge in [-0.1, -0.05) is 72.8 Å². The second-order valence-corrected chi connectivity index (χ2v) is 9.83. The number of hydrogen-bond donors (Lipinski definition) is 2. The highest BCUT2D eigenvalue weighted by Gasteiger charge is 2.13. The number of nitrogens with zero attached hydrogens (tertiary/aromatic N) is 2. The summed E-state index contributed by atoms with van der Waals surface area (Å²) in [5, 5.41) is 8.56. The molecule has 1 aromatic heterocycles. The number of nitrogens with two attached hydrogens (primary N) is 1. The Morgan fingerprint density at radius 3 is 2.46 bits per heavy atom. The maximum atomic E-state index is 12.6. The van der Waals surface area contributed by atoms with Crippen molar-refractivity contribution in [1.82, 2.24) is 10.3 Å². The predicted octanol–water partition coefficient (Wildman–Crippen LogP) is 6.38. The van der Waals surface area contributed by atoms with Crippen molar-refractivity contribution in [2.24, 2.45) is 5.73 Å². The van der Waals surface area contributed by atoms with E-state index < -0.39 is 0 Å². The first-order valence-corrected chi connectivity index (χ1v) is 13.4. The van der Waals surface area contributed by atoms with E-state index in [1.165, 1.54) is 10.8 Å². The second-order valence-electron chi connectivity index (χ2n) is 9.00. The van der Waals surface area contributed by atoms with Crippen molar-refractivity contribution >= 4 is 33.1 Å². The number of aromatic nitrogens is 1. The van der Waals surface area contributed by atoms with E-state index in [2.05, 4.69) is 65.0 Å². The Hall–Kier alpha value is -4.00. The van der Waals surface area contributed by atoms with Crippen LogP contribution < -0.4 is 16.0 Å². The number of benzene rings is 4. The molecule has 0 spiro atoms.